The molecule has 0 saturated heterocycles. The lowest BCUT2D eigenvalue weighted by atomic mass is 9.86. The van der Waals surface area contributed by atoms with E-state index >= 15 is 0 Å². The lowest BCUT2D eigenvalue weighted by Crippen LogP contribution is -2.22. The number of halogens is 1. The molecule has 0 radical (unpaired) electrons. The Kier molecular flexibility index (Phi) is 5.48. The normalized spacial score (nSPS) is 13.4. The minimum Gasteiger partial charge on any atom is -0.309 e. The van der Waals surface area contributed by atoms with Crippen molar-refractivity contribution in [3.63, 3.8) is 0 Å². The van der Waals surface area contributed by atoms with Gasteiger partial charge in [-0.3, -0.25) is 0 Å². The third kappa shape index (κ3) is 4.57. The molecule has 2 rings (SSSR count). The maximum absolute atomic E-state index is 6.07. The first-order valence-electron chi connectivity index (χ1n) is 7.48. The summed E-state index contributed by atoms with van der Waals surface area (Å²) in [5.74, 6) is 0. The summed E-state index contributed by atoms with van der Waals surface area (Å²) in [6, 6.07) is 13.5. The minimum absolute atomic E-state index is 0.209. The van der Waals surface area contributed by atoms with Crippen LogP contribution in [0.5, 0.6) is 0 Å². The predicted molar refractivity (Wildman–Crippen MR) is 94.6 cm³/mol. The maximum Gasteiger partial charge on any atom is 0.0931 e. The van der Waals surface area contributed by atoms with Gasteiger partial charge in [-0.05, 0) is 41.6 Å². The zero-order valence-corrected chi connectivity index (χ0v) is 14.8. The SMILES string of the molecule is CCNC(Cc1ccc(C(C)(C)C)cc1)c1ccc(Cl)s1. The quantitative estimate of drug-likeness (QED) is 0.756. The highest BCUT2D eigenvalue weighted by Gasteiger charge is 2.16. The van der Waals surface area contributed by atoms with Crippen LogP contribution in [0.15, 0.2) is 36.4 Å². The van der Waals surface area contributed by atoms with Crippen molar-refractivity contribution in [3.8, 4) is 0 Å². The Morgan fingerprint density at radius 2 is 1.76 bits per heavy atom. The Hall–Kier alpha value is -0.830. The highest BCUT2D eigenvalue weighted by atomic mass is 35.5. The summed E-state index contributed by atoms with van der Waals surface area (Å²) in [7, 11) is 0. The molecule has 114 valence electrons. The van der Waals surface area contributed by atoms with Crippen molar-refractivity contribution in [1.82, 2.24) is 5.32 Å². The summed E-state index contributed by atoms with van der Waals surface area (Å²) in [5, 5.41) is 3.56. The van der Waals surface area contributed by atoms with Crippen LogP contribution < -0.4 is 5.32 Å². The van der Waals surface area contributed by atoms with Crippen LogP contribution in [0.2, 0.25) is 4.34 Å². The first-order chi connectivity index (χ1) is 9.90. The van der Waals surface area contributed by atoms with E-state index in [2.05, 4.69) is 63.3 Å². The second kappa shape index (κ2) is 6.95. The zero-order chi connectivity index (χ0) is 15.5. The number of hydrogen-bond acceptors (Lipinski definition) is 2. The maximum atomic E-state index is 6.07. The topological polar surface area (TPSA) is 12.0 Å². The summed E-state index contributed by atoms with van der Waals surface area (Å²) in [6.45, 7) is 9.84. The van der Waals surface area contributed by atoms with Gasteiger partial charge in [-0.25, -0.2) is 0 Å². The molecule has 0 aliphatic heterocycles. The Morgan fingerprint density at radius 3 is 2.24 bits per heavy atom. The zero-order valence-electron chi connectivity index (χ0n) is 13.2. The standard InChI is InChI=1S/C18H24ClNS/c1-5-20-15(16-10-11-17(19)21-16)12-13-6-8-14(9-7-13)18(2,3)4/h6-11,15,20H,5,12H2,1-4H3. The van der Waals surface area contributed by atoms with Gasteiger partial charge in [0.15, 0.2) is 0 Å². The van der Waals surface area contributed by atoms with Gasteiger partial charge in [0.05, 0.1) is 4.34 Å². The molecule has 0 fully saturated rings. The van der Waals surface area contributed by atoms with Crippen LogP contribution in [-0.4, -0.2) is 6.54 Å². The number of nitrogens with one attached hydrogen (secondary N) is 1. The van der Waals surface area contributed by atoms with Crippen molar-refractivity contribution in [2.45, 2.75) is 45.6 Å². The molecule has 1 N–H and O–H groups in total. The third-order valence-electron chi connectivity index (χ3n) is 3.65. The number of benzene rings is 1. The highest BCUT2D eigenvalue weighted by molar-refractivity contribution is 7.16. The molecule has 1 aromatic heterocycles. The van der Waals surface area contributed by atoms with Crippen molar-refractivity contribution in [2.24, 2.45) is 0 Å². The third-order valence-corrected chi connectivity index (χ3v) is 4.99. The Labute approximate surface area is 137 Å². The van der Waals surface area contributed by atoms with E-state index in [4.69, 9.17) is 11.6 Å². The summed E-state index contributed by atoms with van der Waals surface area (Å²) < 4.78 is 0.857. The second-order valence-corrected chi connectivity index (χ2v) is 8.15. The predicted octanol–water partition coefficient (Wildman–Crippen LogP) is 5.59. The van der Waals surface area contributed by atoms with Gasteiger partial charge in [0.25, 0.3) is 0 Å². The van der Waals surface area contributed by atoms with Gasteiger partial charge in [-0.2, -0.15) is 0 Å². The first kappa shape index (κ1) is 16.5. The number of thiophene rings is 1. The van der Waals surface area contributed by atoms with Gasteiger partial charge in [0.2, 0.25) is 0 Å². The van der Waals surface area contributed by atoms with Gasteiger partial charge >= 0.3 is 0 Å². The molecule has 0 aliphatic rings. The van der Waals surface area contributed by atoms with Gasteiger partial charge in [0, 0.05) is 10.9 Å². The fraction of sp³-hybridized carbons (Fsp3) is 0.444. The van der Waals surface area contributed by atoms with E-state index in [1.165, 1.54) is 16.0 Å². The number of likely N-dealkylation sites (N-methyl/N-ethyl adjacent to an activating group) is 1. The first-order valence-corrected chi connectivity index (χ1v) is 8.67. The van der Waals surface area contributed by atoms with Crippen molar-refractivity contribution in [3.05, 3.63) is 56.7 Å². The van der Waals surface area contributed by atoms with Crippen molar-refractivity contribution in [2.75, 3.05) is 6.54 Å². The van der Waals surface area contributed by atoms with Crippen LogP contribution in [0.3, 0.4) is 0 Å². The summed E-state index contributed by atoms with van der Waals surface area (Å²) in [6.07, 6.45) is 0.995. The molecule has 1 aromatic carbocycles. The van der Waals surface area contributed by atoms with E-state index < -0.39 is 0 Å². The molecule has 3 heteroatoms. The van der Waals surface area contributed by atoms with E-state index in [0.717, 1.165) is 17.3 Å². The molecular formula is C18H24ClNS. The molecule has 0 aliphatic carbocycles. The Balaban J connectivity index is 2.14. The molecule has 0 bridgehead atoms. The molecular weight excluding hydrogens is 298 g/mol. The molecule has 2 aromatic rings. The molecule has 21 heavy (non-hydrogen) atoms. The van der Waals surface area contributed by atoms with Crippen LogP contribution in [0.1, 0.15) is 49.7 Å². The summed E-state index contributed by atoms with van der Waals surface area (Å²) in [4.78, 5) is 1.31. The minimum atomic E-state index is 0.209. The largest absolute Gasteiger partial charge is 0.309 e. The second-order valence-electron chi connectivity index (χ2n) is 6.40. The van der Waals surface area contributed by atoms with Crippen molar-refractivity contribution < 1.29 is 0 Å². The molecule has 0 amide bonds. The van der Waals surface area contributed by atoms with Crippen LogP contribution in [-0.2, 0) is 11.8 Å². The molecule has 0 saturated carbocycles. The average Bonchev–Trinajstić information content (AvgIpc) is 2.84. The van der Waals surface area contributed by atoms with E-state index in [0.29, 0.717) is 6.04 Å². The lowest BCUT2D eigenvalue weighted by Gasteiger charge is -2.20. The van der Waals surface area contributed by atoms with Crippen LogP contribution in [0.4, 0.5) is 0 Å². The Morgan fingerprint density at radius 1 is 1.10 bits per heavy atom. The van der Waals surface area contributed by atoms with E-state index in [1.54, 1.807) is 11.3 Å². The summed E-state index contributed by atoms with van der Waals surface area (Å²) in [5.41, 5.74) is 2.95. The molecule has 1 nitrogen and oxygen atoms in total. The van der Waals surface area contributed by atoms with Gasteiger partial charge in [-0.1, -0.05) is 63.6 Å². The van der Waals surface area contributed by atoms with Gasteiger partial charge in [0.1, 0.15) is 0 Å². The fourth-order valence-corrected chi connectivity index (χ4v) is 3.55. The highest BCUT2D eigenvalue weighted by Crippen LogP contribution is 2.29. The van der Waals surface area contributed by atoms with Crippen LogP contribution in [0.25, 0.3) is 0 Å². The van der Waals surface area contributed by atoms with Crippen molar-refractivity contribution in [1.29, 1.82) is 0 Å². The number of rotatable bonds is 5. The number of hydrogen-bond donors (Lipinski definition) is 1. The van der Waals surface area contributed by atoms with Crippen molar-refractivity contribution >= 4 is 22.9 Å². The van der Waals surface area contributed by atoms with E-state index in [9.17, 15) is 0 Å². The summed E-state index contributed by atoms with van der Waals surface area (Å²) >= 11 is 7.73. The van der Waals surface area contributed by atoms with Gasteiger partial charge in [-0.15, -0.1) is 11.3 Å². The molecule has 1 heterocycles. The molecule has 1 unspecified atom stereocenters. The fourth-order valence-electron chi connectivity index (χ4n) is 2.41. The molecule has 0 spiro atoms. The van der Waals surface area contributed by atoms with Crippen LogP contribution in [0, 0.1) is 0 Å². The average molecular weight is 322 g/mol. The van der Waals surface area contributed by atoms with Gasteiger partial charge < -0.3 is 5.32 Å². The molecule has 1 atom stereocenters. The van der Waals surface area contributed by atoms with E-state index in [-0.39, 0.29) is 5.41 Å². The van der Waals surface area contributed by atoms with E-state index in [1.807, 2.05) is 6.07 Å². The monoisotopic (exact) mass is 321 g/mol. The van der Waals surface area contributed by atoms with Crippen LogP contribution >= 0.6 is 22.9 Å². The Bertz CT molecular complexity index is 566. The smallest absolute Gasteiger partial charge is 0.0931 e. The lowest BCUT2D eigenvalue weighted by molar-refractivity contribution is 0.557.